The van der Waals surface area contributed by atoms with E-state index in [-0.39, 0.29) is 0 Å². The molecule has 0 saturated carbocycles. The van der Waals surface area contributed by atoms with Gasteiger partial charge in [-0.15, -0.1) is 0 Å². The molecule has 1 atom stereocenters. The maximum atomic E-state index is 9.91. The smallest absolute Gasteiger partial charge is 0.0991 e. The van der Waals surface area contributed by atoms with E-state index in [9.17, 15) is 5.11 Å². The number of hydrogen-bond donors (Lipinski definition) is 2. The molecule has 0 radical (unpaired) electrons. The minimum atomic E-state index is -0.537. The first-order valence-corrected chi connectivity index (χ1v) is 6.24. The number of ether oxygens (including phenoxy) is 1. The van der Waals surface area contributed by atoms with Crippen molar-refractivity contribution in [3.8, 4) is 6.07 Å². The minimum Gasteiger partial charge on any atom is -0.387 e. The van der Waals surface area contributed by atoms with Gasteiger partial charge in [0.2, 0.25) is 0 Å². The fraction of sp³-hybridized carbons (Fsp3) is 0.500. The third-order valence-corrected chi connectivity index (χ3v) is 2.61. The van der Waals surface area contributed by atoms with E-state index in [1.165, 1.54) is 0 Å². The molecule has 0 amide bonds. The van der Waals surface area contributed by atoms with Crippen molar-refractivity contribution in [2.45, 2.75) is 19.4 Å². The van der Waals surface area contributed by atoms with Crippen molar-refractivity contribution in [3.05, 3.63) is 35.4 Å². The fourth-order valence-corrected chi connectivity index (χ4v) is 1.58. The summed E-state index contributed by atoms with van der Waals surface area (Å²) in [6.45, 7) is 4.80. The summed E-state index contributed by atoms with van der Waals surface area (Å²) in [6, 6.07) is 9.05. The van der Waals surface area contributed by atoms with E-state index in [0.717, 1.165) is 31.7 Å². The zero-order valence-electron chi connectivity index (χ0n) is 10.7. The highest BCUT2D eigenvalue weighted by Gasteiger charge is 2.06. The van der Waals surface area contributed by atoms with Gasteiger partial charge in [-0.3, -0.25) is 0 Å². The Morgan fingerprint density at radius 1 is 1.39 bits per heavy atom. The normalized spacial score (nSPS) is 12.1. The maximum Gasteiger partial charge on any atom is 0.0991 e. The van der Waals surface area contributed by atoms with Crippen molar-refractivity contribution >= 4 is 0 Å². The quantitative estimate of drug-likeness (QED) is 0.686. The van der Waals surface area contributed by atoms with Crippen LogP contribution in [0.2, 0.25) is 0 Å². The first-order chi connectivity index (χ1) is 8.77. The molecule has 0 saturated heterocycles. The molecule has 0 aliphatic carbocycles. The second-order valence-corrected chi connectivity index (χ2v) is 4.00. The van der Waals surface area contributed by atoms with Crippen molar-refractivity contribution in [3.63, 3.8) is 0 Å². The average molecular weight is 248 g/mol. The molecule has 0 fully saturated rings. The first kappa shape index (κ1) is 14.7. The summed E-state index contributed by atoms with van der Waals surface area (Å²) < 4.78 is 5.22. The molecule has 0 bridgehead atoms. The summed E-state index contributed by atoms with van der Waals surface area (Å²) in [5.74, 6) is 0. The Balaban J connectivity index is 2.23. The van der Waals surface area contributed by atoms with Crippen molar-refractivity contribution < 1.29 is 9.84 Å². The van der Waals surface area contributed by atoms with E-state index in [1.807, 2.05) is 6.92 Å². The predicted molar refractivity (Wildman–Crippen MR) is 70.1 cm³/mol. The first-order valence-electron chi connectivity index (χ1n) is 6.24. The molecular formula is C14H20N2O2. The molecule has 1 aromatic rings. The van der Waals surface area contributed by atoms with Crippen LogP contribution in [0.15, 0.2) is 24.3 Å². The second-order valence-electron chi connectivity index (χ2n) is 4.00. The summed E-state index contributed by atoms with van der Waals surface area (Å²) in [5, 5.41) is 21.8. The van der Waals surface area contributed by atoms with Gasteiger partial charge in [0.25, 0.3) is 0 Å². The molecule has 1 aromatic carbocycles. The molecule has 1 rings (SSSR count). The van der Waals surface area contributed by atoms with Crippen LogP contribution in [-0.4, -0.2) is 31.4 Å². The highest BCUT2D eigenvalue weighted by molar-refractivity contribution is 5.32. The molecule has 0 aromatic heterocycles. The molecule has 98 valence electrons. The minimum absolute atomic E-state index is 0.512. The van der Waals surface area contributed by atoms with Crippen LogP contribution in [0.5, 0.6) is 0 Å². The molecule has 2 N–H and O–H groups in total. The Morgan fingerprint density at radius 2 is 2.11 bits per heavy atom. The molecule has 4 heteroatoms. The van der Waals surface area contributed by atoms with E-state index in [4.69, 9.17) is 10.00 Å². The lowest BCUT2D eigenvalue weighted by Gasteiger charge is -2.12. The Hall–Kier alpha value is -1.41. The number of aliphatic hydroxyl groups excluding tert-OH is 1. The van der Waals surface area contributed by atoms with E-state index in [0.29, 0.717) is 12.1 Å². The Kier molecular flexibility index (Phi) is 7.04. The van der Waals surface area contributed by atoms with Gasteiger partial charge in [0.15, 0.2) is 0 Å². The maximum absolute atomic E-state index is 9.91. The van der Waals surface area contributed by atoms with Gasteiger partial charge < -0.3 is 15.2 Å². The zero-order valence-corrected chi connectivity index (χ0v) is 10.7. The van der Waals surface area contributed by atoms with Crippen LogP contribution in [-0.2, 0) is 4.74 Å². The van der Waals surface area contributed by atoms with Gasteiger partial charge in [-0.05, 0) is 37.6 Å². The third kappa shape index (κ3) is 5.28. The number of benzene rings is 1. The van der Waals surface area contributed by atoms with E-state index >= 15 is 0 Å². The van der Waals surface area contributed by atoms with Gasteiger partial charge in [-0.1, -0.05) is 12.1 Å². The summed E-state index contributed by atoms with van der Waals surface area (Å²) in [6.07, 6.45) is 0.401. The third-order valence-electron chi connectivity index (χ3n) is 2.61. The number of nitriles is 1. The number of aliphatic hydroxyl groups is 1. The lowest BCUT2D eigenvalue weighted by Crippen LogP contribution is -2.23. The standard InChI is InChI=1S/C14H20N2O2/c1-2-18-9-3-8-16-11-14(17)13-6-4-12(10-15)5-7-13/h4-7,14,16-17H,2-3,8-9,11H2,1H3. The van der Waals surface area contributed by atoms with Crippen LogP contribution in [0.25, 0.3) is 0 Å². The van der Waals surface area contributed by atoms with Crippen LogP contribution in [0.4, 0.5) is 0 Å². The number of hydrogen-bond acceptors (Lipinski definition) is 4. The van der Waals surface area contributed by atoms with E-state index in [1.54, 1.807) is 24.3 Å². The van der Waals surface area contributed by atoms with Gasteiger partial charge in [0.1, 0.15) is 0 Å². The molecule has 0 heterocycles. The molecule has 4 nitrogen and oxygen atoms in total. The van der Waals surface area contributed by atoms with Crippen molar-refractivity contribution in [2.75, 3.05) is 26.3 Å². The van der Waals surface area contributed by atoms with Crippen LogP contribution in [0.1, 0.15) is 30.6 Å². The zero-order chi connectivity index (χ0) is 13.2. The summed E-state index contributed by atoms with van der Waals surface area (Å²) in [5.41, 5.74) is 1.43. The van der Waals surface area contributed by atoms with Crippen molar-refractivity contribution in [1.82, 2.24) is 5.32 Å². The molecule has 18 heavy (non-hydrogen) atoms. The number of nitrogens with one attached hydrogen (secondary N) is 1. The lowest BCUT2D eigenvalue weighted by molar-refractivity contribution is 0.141. The predicted octanol–water partition coefficient (Wildman–Crippen LogP) is 1.61. The highest BCUT2D eigenvalue weighted by atomic mass is 16.5. The molecule has 0 spiro atoms. The van der Waals surface area contributed by atoms with Gasteiger partial charge >= 0.3 is 0 Å². The summed E-state index contributed by atoms with van der Waals surface area (Å²) in [4.78, 5) is 0. The fourth-order valence-electron chi connectivity index (χ4n) is 1.58. The monoisotopic (exact) mass is 248 g/mol. The van der Waals surface area contributed by atoms with Gasteiger partial charge in [-0.25, -0.2) is 0 Å². The van der Waals surface area contributed by atoms with Crippen LogP contribution in [0, 0.1) is 11.3 Å². The second kappa shape index (κ2) is 8.65. The largest absolute Gasteiger partial charge is 0.387 e. The van der Waals surface area contributed by atoms with Gasteiger partial charge in [0.05, 0.1) is 17.7 Å². The van der Waals surface area contributed by atoms with Crippen LogP contribution >= 0.6 is 0 Å². The lowest BCUT2D eigenvalue weighted by atomic mass is 10.1. The molecular weight excluding hydrogens is 228 g/mol. The van der Waals surface area contributed by atoms with Crippen LogP contribution in [0.3, 0.4) is 0 Å². The summed E-state index contributed by atoms with van der Waals surface area (Å²) in [7, 11) is 0. The molecule has 0 aliphatic heterocycles. The van der Waals surface area contributed by atoms with E-state index < -0.39 is 6.10 Å². The SMILES string of the molecule is CCOCCCNCC(O)c1ccc(C#N)cc1. The van der Waals surface area contributed by atoms with Gasteiger partial charge in [0, 0.05) is 19.8 Å². The van der Waals surface area contributed by atoms with E-state index in [2.05, 4.69) is 11.4 Å². The Bertz CT molecular complexity index is 370. The summed E-state index contributed by atoms with van der Waals surface area (Å²) >= 11 is 0. The Morgan fingerprint density at radius 3 is 2.72 bits per heavy atom. The van der Waals surface area contributed by atoms with Crippen molar-refractivity contribution in [1.29, 1.82) is 5.26 Å². The molecule has 1 unspecified atom stereocenters. The van der Waals surface area contributed by atoms with Crippen molar-refractivity contribution in [2.24, 2.45) is 0 Å². The Labute approximate surface area is 108 Å². The highest BCUT2D eigenvalue weighted by Crippen LogP contribution is 2.12. The molecule has 0 aliphatic rings. The van der Waals surface area contributed by atoms with Gasteiger partial charge in [-0.2, -0.15) is 5.26 Å². The van der Waals surface area contributed by atoms with Crippen LogP contribution < -0.4 is 5.32 Å². The number of nitrogens with zero attached hydrogens (tertiary/aromatic N) is 1. The average Bonchev–Trinajstić information content (AvgIpc) is 2.42. The topological polar surface area (TPSA) is 65.3 Å². The number of rotatable bonds is 8.